The topological polar surface area (TPSA) is 50.2 Å². The molecular formula is C22H23FN4O. The number of hydrogen-bond donors (Lipinski definition) is 1. The summed E-state index contributed by atoms with van der Waals surface area (Å²) < 4.78 is 15.9. The first-order valence-electron chi connectivity index (χ1n) is 9.56. The first-order valence-corrected chi connectivity index (χ1v) is 9.56. The van der Waals surface area contributed by atoms with Gasteiger partial charge in [0.05, 0.1) is 0 Å². The highest BCUT2D eigenvalue weighted by Crippen LogP contribution is 2.29. The highest BCUT2D eigenvalue weighted by atomic mass is 19.1. The summed E-state index contributed by atoms with van der Waals surface area (Å²) in [6, 6.07) is 14.2. The summed E-state index contributed by atoms with van der Waals surface area (Å²) in [6.45, 7) is 2.95. The number of halogens is 1. The Labute approximate surface area is 163 Å². The number of carbonyl (C=O) groups excluding carboxylic acids is 1. The number of benzene rings is 2. The number of fused-ring (bicyclic) bond motifs is 1. The third kappa shape index (κ3) is 3.26. The van der Waals surface area contributed by atoms with Crippen LogP contribution < -0.4 is 10.2 Å². The van der Waals surface area contributed by atoms with E-state index in [9.17, 15) is 9.18 Å². The molecule has 0 fully saturated rings. The van der Waals surface area contributed by atoms with Gasteiger partial charge in [-0.1, -0.05) is 18.2 Å². The Balaban J connectivity index is 1.66. The maximum atomic E-state index is 14.3. The summed E-state index contributed by atoms with van der Waals surface area (Å²) in [6.07, 6.45) is 2.52. The van der Waals surface area contributed by atoms with Gasteiger partial charge < -0.3 is 10.2 Å². The van der Waals surface area contributed by atoms with Crippen molar-refractivity contribution in [2.75, 3.05) is 23.8 Å². The van der Waals surface area contributed by atoms with Crippen LogP contribution in [0.1, 0.15) is 35.1 Å². The van der Waals surface area contributed by atoms with Crippen molar-refractivity contribution in [1.29, 1.82) is 0 Å². The summed E-state index contributed by atoms with van der Waals surface area (Å²) in [7, 11) is 2.00. The molecule has 6 heteroatoms. The van der Waals surface area contributed by atoms with Crippen LogP contribution >= 0.6 is 0 Å². The molecule has 0 atom stereocenters. The van der Waals surface area contributed by atoms with Crippen molar-refractivity contribution in [2.24, 2.45) is 0 Å². The highest BCUT2D eigenvalue weighted by Gasteiger charge is 2.27. The monoisotopic (exact) mass is 378 g/mol. The van der Waals surface area contributed by atoms with Crippen LogP contribution in [-0.4, -0.2) is 29.3 Å². The van der Waals surface area contributed by atoms with Gasteiger partial charge in [-0.25, -0.2) is 9.07 Å². The smallest absolute Gasteiger partial charge is 0.276 e. The molecule has 144 valence electrons. The number of hydrogen-bond acceptors (Lipinski definition) is 3. The second-order valence-electron chi connectivity index (χ2n) is 7.01. The molecule has 4 rings (SSSR count). The Hall–Kier alpha value is -3.15. The Kier molecular flexibility index (Phi) is 4.86. The van der Waals surface area contributed by atoms with Crippen LogP contribution in [0.4, 0.5) is 15.8 Å². The number of nitrogens with zero attached hydrogens (tertiary/aromatic N) is 3. The average Bonchev–Trinajstić information content (AvgIpc) is 3.31. The fourth-order valence-electron chi connectivity index (χ4n) is 3.64. The number of anilines is 2. The number of rotatable bonds is 5. The summed E-state index contributed by atoms with van der Waals surface area (Å²) in [5.74, 6) is -0.605. The Morgan fingerprint density at radius 2 is 2.04 bits per heavy atom. The standard InChI is InChI=1S/C22H23FN4O/c1-3-26(2)16-9-6-8-15(14-16)24-22(28)21-17-10-7-13-19(17)27(25-21)20-12-5-4-11-18(20)23/h4-6,8-9,11-12,14H,3,7,10,13H2,1-2H3,(H,24,28). The van der Waals surface area contributed by atoms with Gasteiger partial charge in [0.2, 0.25) is 0 Å². The first-order chi connectivity index (χ1) is 13.6. The van der Waals surface area contributed by atoms with E-state index in [0.29, 0.717) is 11.4 Å². The molecule has 0 bridgehead atoms. The Morgan fingerprint density at radius 3 is 2.82 bits per heavy atom. The van der Waals surface area contributed by atoms with Crippen molar-refractivity contribution >= 4 is 17.3 Å². The van der Waals surface area contributed by atoms with E-state index >= 15 is 0 Å². The summed E-state index contributed by atoms with van der Waals surface area (Å²) >= 11 is 0. The van der Waals surface area contributed by atoms with Crippen molar-refractivity contribution in [3.8, 4) is 5.69 Å². The predicted molar refractivity (Wildman–Crippen MR) is 109 cm³/mol. The van der Waals surface area contributed by atoms with Crippen molar-refractivity contribution < 1.29 is 9.18 Å². The molecule has 1 heterocycles. The largest absolute Gasteiger partial charge is 0.375 e. The fourth-order valence-corrected chi connectivity index (χ4v) is 3.64. The van der Waals surface area contributed by atoms with Gasteiger partial charge in [0, 0.05) is 36.2 Å². The summed E-state index contributed by atoms with van der Waals surface area (Å²) in [5, 5.41) is 7.44. The first kappa shape index (κ1) is 18.2. The lowest BCUT2D eigenvalue weighted by molar-refractivity contribution is 0.102. The minimum Gasteiger partial charge on any atom is -0.375 e. The summed E-state index contributed by atoms with van der Waals surface area (Å²) in [5.41, 5.74) is 4.35. The van der Waals surface area contributed by atoms with E-state index in [-0.39, 0.29) is 11.7 Å². The SMILES string of the molecule is CCN(C)c1cccc(NC(=O)c2nn(-c3ccccc3F)c3c2CCC3)c1. The number of nitrogens with one attached hydrogen (secondary N) is 1. The van der Waals surface area contributed by atoms with E-state index in [2.05, 4.69) is 22.2 Å². The summed E-state index contributed by atoms with van der Waals surface area (Å²) in [4.78, 5) is 15.1. The molecule has 0 radical (unpaired) electrons. The van der Waals surface area contributed by atoms with Gasteiger partial charge in [-0.05, 0) is 56.5 Å². The molecule has 1 N–H and O–H groups in total. The Morgan fingerprint density at radius 1 is 1.21 bits per heavy atom. The number of aromatic nitrogens is 2. The number of amides is 1. The van der Waals surface area contributed by atoms with E-state index < -0.39 is 0 Å². The lowest BCUT2D eigenvalue weighted by Gasteiger charge is -2.17. The van der Waals surface area contributed by atoms with Crippen molar-refractivity contribution in [3.05, 3.63) is 71.3 Å². The zero-order valence-electron chi connectivity index (χ0n) is 16.1. The molecule has 0 aliphatic heterocycles. The minimum absolute atomic E-state index is 0.260. The quantitative estimate of drug-likeness (QED) is 0.724. The van der Waals surface area contributed by atoms with Gasteiger partial charge in [0.25, 0.3) is 5.91 Å². The molecule has 2 aromatic carbocycles. The van der Waals surface area contributed by atoms with Gasteiger partial charge >= 0.3 is 0 Å². The van der Waals surface area contributed by atoms with Crippen LogP contribution in [0.2, 0.25) is 0 Å². The molecule has 5 nitrogen and oxygen atoms in total. The Bertz CT molecular complexity index is 1030. The zero-order chi connectivity index (χ0) is 19.7. The minimum atomic E-state index is -0.345. The van der Waals surface area contributed by atoms with E-state index in [1.807, 2.05) is 31.3 Å². The van der Waals surface area contributed by atoms with E-state index in [1.165, 1.54) is 6.07 Å². The molecule has 28 heavy (non-hydrogen) atoms. The zero-order valence-corrected chi connectivity index (χ0v) is 16.1. The normalized spacial score (nSPS) is 12.7. The molecule has 1 aromatic heterocycles. The van der Waals surface area contributed by atoms with Gasteiger partial charge in [-0.3, -0.25) is 4.79 Å². The van der Waals surface area contributed by atoms with Crippen LogP contribution in [0.3, 0.4) is 0 Å². The fraction of sp³-hybridized carbons (Fsp3) is 0.273. The second kappa shape index (κ2) is 7.46. The number of carbonyl (C=O) groups is 1. The maximum Gasteiger partial charge on any atom is 0.276 e. The van der Waals surface area contributed by atoms with Crippen LogP contribution in [0.5, 0.6) is 0 Å². The third-order valence-corrected chi connectivity index (χ3v) is 5.25. The lowest BCUT2D eigenvalue weighted by atomic mass is 10.2. The van der Waals surface area contributed by atoms with Crippen molar-refractivity contribution in [3.63, 3.8) is 0 Å². The van der Waals surface area contributed by atoms with E-state index in [4.69, 9.17) is 0 Å². The maximum absolute atomic E-state index is 14.3. The molecule has 1 aliphatic carbocycles. The average molecular weight is 378 g/mol. The molecule has 3 aromatic rings. The van der Waals surface area contributed by atoms with Gasteiger partial charge in [-0.2, -0.15) is 5.10 Å². The van der Waals surface area contributed by atoms with Crippen molar-refractivity contribution in [1.82, 2.24) is 9.78 Å². The van der Waals surface area contributed by atoms with Gasteiger partial charge in [0.15, 0.2) is 5.69 Å². The number of para-hydroxylation sites is 1. The molecule has 1 amide bonds. The molecule has 1 aliphatic rings. The van der Waals surface area contributed by atoms with Gasteiger partial charge in [0.1, 0.15) is 11.5 Å². The lowest BCUT2D eigenvalue weighted by Crippen LogP contribution is -2.17. The third-order valence-electron chi connectivity index (χ3n) is 5.25. The molecule has 0 saturated carbocycles. The van der Waals surface area contributed by atoms with Crippen LogP contribution in [0.25, 0.3) is 5.69 Å². The van der Waals surface area contributed by atoms with Crippen LogP contribution in [0, 0.1) is 5.82 Å². The highest BCUT2D eigenvalue weighted by molar-refractivity contribution is 6.04. The molecule has 0 unspecified atom stereocenters. The van der Waals surface area contributed by atoms with Crippen LogP contribution in [-0.2, 0) is 12.8 Å². The predicted octanol–water partition coefficient (Wildman–Crippen LogP) is 4.21. The van der Waals surface area contributed by atoms with Gasteiger partial charge in [-0.15, -0.1) is 0 Å². The molecular weight excluding hydrogens is 355 g/mol. The van der Waals surface area contributed by atoms with E-state index in [0.717, 1.165) is 48.4 Å². The molecule has 0 saturated heterocycles. The second-order valence-corrected chi connectivity index (χ2v) is 7.01. The van der Waals surface area contributed by atoms with Crippen molar-refractivity contribution in [2.45, 2.75) is 26.2 Å². The van der Waals surface area contributed by atoms with Crippen LogP contribution in [0.15, 0.2) is 48.5 Å². The molecule has 0 spiro atoms. The van der Waals surface area contributed by atoms with E-state index in [1.54, 1.807) is 22.9 Å².